The van der Waals surface area contributed by atoms with Crippen molar-refractivity contribution in [3.63, 3.8) is 0 Å². The average Bonchev–Trinajstić information content (AvgIpc) is 2.54. The molecule has 0 bridgehead atoms. The third-order valence-electron chi connectivity index (χ3n) is 2.90. The molecule has 0 fully saturated rings. The Morgan fingerprint density at radius 2 is 1.88 bits per heavy atom. The van der Waals surface area contributed by atoms with Crippen LogP contribution in [0.3, 0.4) is 0 Å². The van der Waals surface area contributed by atoms with Gasteiger partial charge in [0.15, 0.2) is 6.61 Å². The number of carbonyl (C=O) groups is 2. The van der Waals surface area contributed by atoms with Gasteiger partial charge in [-0.2, -0.15) is 0 Å². The highest BCUT2D eigenvalue weighted by Crippen LogP contribution is 2.21. The van der Waals surface area contributed by atoms with Gasteiger partial charge < -0.3 is 14.8 Å². The number of nitrogens with one attached hydrogen (secondary N) is 1. The maximum atomic E-state index is 13.8. The van der Waals surface area contributed by atoms with Crippen LogP contribution in [-0.2, 0) is 14.3 Å². The summed E-state index contributed by atoms with van der Waals surface area (Å²) >= 11 is 0. The molecule has 0 aliphatic carbocycles. The highest BCUT2D eigenvalue weighted by atomic mass is 19.1. The van der Waals surface area contributed by atoms with Crippen molar-refractivity contribution in [2.45, 2.75) is 26.4 Å². The Hall–Kier alpha value is -2.96. The number of para-hydroxylation sites is 1. The maximum absolute atomic E-state index is 13.8. The summed E-state index contributed by atoms with van der Waals surface area (Å²) in [5, 5.41) is 2.74. The van der Waals surface area contributed by atoms with E-state index in [1.807, 2.05) is 0 Å². The monoisotopic (exact) mass is 346 g/mol. The summed E-state index contributed by atoms with van der Waals surface area (Å²) < 4.78 is 23.8. The lowest BCUT2D eigenvalue weighted by Gasteiger charge is -2.19. The highest BCUT2D eigenvalue weighted by Gasteiger charge is 2.20. The number of hydrogen-bond acceptors (Lipinski definition) is 6. The molecule has 7 heteroatoms. The Bertz CT molecular complexity index is 772. The number of pyridine rings is 1. The van der Waals surface area contributed by atoms with Gasteiger partial charge in [0.05, 0.1) is 5.69 Å². The molecule has 0 saturated heterocycles. The SMILES string of the molecule is CC(C)(C)OC(=O)COC(=O)c1cccnc1Nc1ccccc1F. The molecule has 1 heterocycles. The lowest BCUT2D eigenvalue weighted by molar-refractivity contribution is -0.158. The van der Waals surface area contributed by atoms with E-state index in [0.29, 0.717) is 0 Å². The molecule has 0 amide bonds. The van der Waals surface area contributed by atoms with Gasteiger partial charge in [0.2, 0.25) is 0 Å². The second-order valence-electron chi connectivity index (χ2n) is 6.17. The summed E-state index contributed by atoms with van der Waals surface area (Å²) in [6.07, 6.45) is 1.45. The van der Waals surface area contributed by atoms with Gasteiger partial charge in [-0.3, -0.25) is 0 Å². The van der Waals surface area contributed by atoms with Crippen molar-refractivity contribution in [1.29, 1.82) is 0 Å². The summed E-state index contributed by atoms with van der Waals surface area (Å²) in [6, 6.07) is 9.00. The smallest absolute Gasteiger partial charge is 0.344 e. The number of ether oxygens (including phenoxy) is 2. The number of rotatable bonds is 5. The quantitative estimate of drug-likeness (QED) is 0.836. The number of halogens is 1. The minimum atomic E-state index is -0.766. The van der Waals surface area contributed by atoms with Crippen LogP contribution in [0.1, 0.15) is 31.1 Å². The Morgan fingerprint density at radius 1 is 1.16 bits per heavy atom. The first-order valence-electron chi connectivity index (χ1n) is 7.62. The zero-order valence-electron chi connectivity index (χ0n) is 14.2. The summed E-state index contributed by atoms with van der Waals surface area (Å²) in [5.74, 6) is -1.78. The number of esters is 2. The average molecular weight is 346 g/mol. The number of benzene rings is 1. The predicted molar refractivity (Wildman–Crippen MR) is 90.0 cm³/mol. The second-order valence-corrected chi connectivity index (χ2v) is 6.17. The number of carbonyl (C=O) groups excluding carboxylic acids is 2. The molecule has 25 heavy (non-hydrogen) atoms. The highest BCUT2D eigenvalue weighted by molar-refractivity contribution is 5.96. The lowest BCUT2D eigenvalue weighted by atomic mass is 10.2. The Balaban J connectivity index is 2.08. The lowest BCUT2D eigenvalue weighted by Crippen LogP contribution is -2.27. The standard InChI is InChI=1S/C18H19FN2O4/c1-18(2,3)25-15(22)11-24-17(23)12-7-6-10-20-16(12)21-14-9-5-4-8-13(14)19/h4-10H,11H2,1-3H3,(H,20,21). The number of anilines is 2. The van der Waals surface area contributed by atoms with Crippen LogP contribution in [0.15, 0.2) is 42.6 Å². The van der Waals surface area contributed by atoms with Crippen molar-refractivity contribution in [3.05, 3.63) is 54.0 Å². The van der Waals surface area contributed by atoms with Crippen molar-refractivity contribution in [2.24, 2.45) is 0 Å². The normalized spacial score (nSPS) is 10.9. The van der Waals surface area contributed by atoms with Crippen molar-refractivity contribution < 1.29 is 23.5 Å². The molecule has 1 aromatic carbocycles. The van der Waals surface area contributed by atoms with E-state index in [-0.39, 0.29) is 17.1 Å². The summed E-state index contributed by atoms with van der Waals surface area (Å²) in [5.41, 5.74) is -0.424. The molecule has 0 aliphatic heterocycles. The Kier molecular flexibility index (Phi) is 5.69. The van der Waals surface area contributed by atoms with E-state index in [4.69, 9.17) is 9.47 Å². The number of hydrogen-bond donors (Lipinski definition) is 1. The molecule has 0 atom stereocenters. The molecule has 0 spiro atoms. The van der Waals surface area contributed by atoms with Crippen molar-refractivity contribution in [1.82, 2.24) is 4.98 Å². The van der Waals surface area contributed by atoms with Gasteiger partial charge in [0, 0.05) is 6.20 Å². The van der Waals surface area contributed by atoms with Crippen LogP contribution in [0.2, 0.25) is 0 Å². The molecule has 1 aromatic heterocycles. The Morgan fingerprint density at radius 3 is 2.56 bits per heavy atom. The topological polar surface area (TPSA) is 77.5 Å². The third-order valence-corrected chi connectivity index (χ3v) is 2.90. The van der Waals surface area contributed by atoms with Gasteiger partial charge in [-0.1, -0.05) is 12.1 Å². The summed E-state index contributed by atoms with van der Waals surface area (Å²) in [6.45, 7) is 4.61. The molecule has 2 rings (SSSR count). The molecule has 0 aliphatic rings. The van der Waals surface area contributed by atoms with Gasteiger partial charge in [-0.05, 0) is 45.0 Å². The second kappa shape index (κ2) is 7.74. The van der Waals surface area contributed by atoms with Crippen LogP contribution in [0.25, 0.3) is 0 Å². The van der Waals surface area contributed by atoms with Crippen LogP contribution in [0.4, 0.5) is 15.9 Å². The van der Waals surface area contributed by atoms with Crippen LogP contribution in [0, 0.1) is 5.82 Å². The van der Waals surface area contributed by atoms with Crippen LogP contribution < -0.4 is 5.32 Å². The van der Waals surface area contributed by atoms with Gasteiger partial charge in [-0.15, -0.1) is 0 Å². The van der Waals surface area contributed by atoms with Crippen molar-refractivity contribution >= 4 is 23.4 Å². The van der Waals surface area contributed by atoms with Gasteiger partial charge in [0.25, 0.3) is 0 Å². The van der Waals surface area contributed by atoms with Crippen LogP contribution >= 0.6 is 0 Å². The molecular formula is C18H19FN2O4. The minimum Gasteiger partial charge on any atom is -0.457 e. The molecule has 132 valence electrons. The minimum absolute atomic E-state index is 0.0781. The maximum Gasteiger partial charge on any atom is 0.344 e. The van der Waals surface area contributed by atoms with E-state index < -0.39 is 30.0 Å². The zero-order valence-corrected chi connectivity index (χ0v) is 14.2. The molecule has 0 radical (unpaired) electrons. The first-order valence-corrected chi connectivity index (χ1v) is 7.62. The van der Waals surface area contributed by atoms with E-state index >= 15 is 0 Å². The zero-order chi connectivity index (χ0) is 18.4. The third kappa shape index (κ3) is 5.56. The Labute approximate surface area is 145 Å². The largest absolute Gasteiger partial charge is 0.457 e. The van der Waals surface area contributed by atoms with E-state index in [2.05, 4.69) is 10.3 Å². The fraction of sp³-hybridized carbons (Fsp3) is 0.278. The molecule has 2 aromatic rings. The molecule has 1 N–H and O–H groups in total. The van der Waals surface area contributed by atoms with E-state index in [0.717, 1.165) is 0 Å². The molecule has 6 nitrogen and oxygen atoms in total. The summed E-state index contributed by atoms with van der Waals surface area (Å²) in [7, 11) is 0. The predicted octanol–water partition coefficient (Wildman–Crippen LogP) is 3.46. The number of aromatic nitrogens is 1. The van der Waals surface area contributed by atoms with Crippen LogP contribution in [0.5, 0.6) is 0 Å². The first kappa shape index (κ1) is 18.4. The van der Waals surface area contributed by atoms with E-state index in [9.17, 15) is 14.0 Å². The van der Waals surface area contributed by atoms with Gasteiger partial charge in [-0.25, -0.2) is 19.0 Å². The molecule has 0 saturated carbocycles. The fourth-order valence-corrected chi connectivity index (χ4v) is 1.93. The molecular weight excluding hydrogens is 327 g/mol. The molecule has 0 unspecified atom stereocenters. The van der Waals surface area contributed by atoms with E-state index in [1.165, 1.54) is 30.5 Å². The first-order chi connectivity index (χ1) is 11.8. The number of nitrogens with zero attached hydrogens (tertiary/aromatic N) is 1. The van der Waals surface area contributed by atoms with Crippen molar-refractivity contribution in [3.8, 4) is 0 Å². The van der Waals surface area contributed by atoms with E-state index in [1.54, 1.807) is 32.9 Å². The summed E-state index contributed by atoms with van der Waals surface area (Å²) in [4.78, 5) is 27.9. The fourth-order valence-electron chi connectivity index (χ4n) is 1.93. The van der Waals surface area contributed by atoms with Gasteiger partial charge >= 0.3 is 11.9 Å². The van der Waals surface area contributed by atoms with Gasteiger partial charge in [0.1, 0.15) is 22.8 Å². The van der Waals surface area contributed by atoms with Crippen LogP contribution in [-0.4, -0.2) is 29.1 Å². The van der Waals surface area contributed by atoms with Crippen molar-refractivity contribution in [2.75, 3.05) is 11.9 Å².